The van der Waals surface area contributed by atoms with Crippen LogP contribution in [0.15, 0.2) is 30.5 Å². The van der Waals surface area contributed by atoms with E-state index < -0.39 is 11.9 Å². The van der Waals surface area contributed by atoms with Crippen LogP contribution in [0.5, 0.6) is 5.88 Å². The van der Waals surface area contributed by atoms with Crippen LogP contribution in [0.1, 0.15) is 22.7 Å². The van der Waals surface area contributed by atoms with Crippen LogP contribution in [0.2, 0.25) is 5.02 Å². The molecule has 1 aromatic carbocycles. The molecule has 0 aliphatic carbocycles. The van der Waals surface area contributed by atoms with Gasteiger partial charge in [0.25, 0.3) is 0 Å². The van der Waals surface area contributed by atoms with Crippen molar-refractivity contribution in [3.63, 3.8) is 0 Å². The predicted molar refractivity (Wildman–Crippen MR) is 76.1 cm³/mol. The molecule has 106 valence electrons. The van der Waals surface area contributed by atoms with Gasteiger partial charge in [0.2, 0.25) is 5.88 Å². The molecule has 2 aromatic rings. The lowest BCUT2D eigenvalue weighted by Crippen LogP contribution is -2.29. The molecule has 0 fully saturated rings. The van der Waals surface area contributed by atoms with E-state index in [1.807, 2.05) is 13.0 Å². The minimum absolute atomic E-state index is 0.0616. The second-order valence-corrected chi connectivity index (χ2v) is 4.74. The zero-order valence-electron chi connectivity index (χ0n) is 11.2. The van der Waals surface area contributed by atoms with E-state index in [-0.39, 0.29) is 5.88 Å². The number of methoxy groups -OCH3 is 1. The van der Waals surface area contributed by atoms with Crippen LogP contribution >= 0.6 is 11.6 Å². The number of hydrogen-bond donors (Lipinski definition) is 2. The average Bonchev–Trinajstić information content (AvgIpc) is 2.45. The maximum atomic E-state index is 14.3. The molecule has 0 saturated heterocycles. The Bertz CT molecular complexity index is 621. The van der Waals surface area contributed by atoms with E-state index in [0.29, 0.717) is 10.6 Å². The molecule has 2 rings (SSSR count). The summed E-state index contributed by atoms with van der Waals surface area (Å²) in [6, 6.07) is 6.47. The Balaban J connectivity index is 2.49. The lowest BCUT2D eigenvalue weighted by atomic mass is 9.98. The summed E-state index contributed by atoms with van der Waals surface area (Å²) in [5.74, 6) is 4.98. The highest BCUT2D eigenvalue weighted by Crippen LogP contribution is 2.29. The molecule has 4 nitrogen and oxygen atoms in total. The van der Waals surface area contributed by atoms with E-state index in [1.54, 1.807) is 18.2 Å². The molecule has 0 bridgehead atoms. The van der Waals surface area contributed by atoms with Gasteiger partial charge in [-0.25, -0.2) is 14.8 Å². The van der Waals surface area contributed by atoms with Crippen LogP contribution < -0.4 is 16.0 Å². The van der Waals surface area contributed by atoms with Gasteiger partial charge in [-0.15, -0.1) is 0 Å². The minimum atomic E-state index is -0.537. The minimum Gasteiger partial charge on any atom is -0.479 e. The first kappa shape index (κ1) is 14.7. The predicted octanol–water partition coefficient (Wildman–Crippen LogP) is 2.74. The van der Waals surface area contributed by atoms with Crippen LogP contribution in [0.25, 0.3) is 0 Å². The van der Waals surface area contributed by atoms with Crippen molar-refractivity contribution >= 4 is 11.6 Å². The van der Waals surface area contributed by atoms with Crippen molar-refractivity contribution < 1.29 is 9.13 Å². The number of rotatable bonds is 4. The molecule has 20 heavy (non-hydrogen) atoms. The van der Waals surface area contributed by atoms with E-state index >= 15 is 0 Å². The zero-order chi connectivity index (χ0) is 14.7. The highest BCUT2D eigenvalue weighted by molar-refractivity contribution is 6.31. The standard InChI is InChI=1S/C14H15ClFN3O/c1-8-7-9(3-4-11(8)15)13(19-17)10-5-6-18-14(20-2)12(10)16/h3-7,13,19H,17H2,1-2H3. The first-order valence-corrected chi connectivity index (χ1v) is 6.36. The number of aryl methyl sites for hydroxylation is 1. The molecule has 0 amide bonds. The van der Waals surface area contributed by atoms with E-state index in [2.05, 4.69) is 10.4 Å². The van der Waals surface area contributed by atoms with Crippen molar-refractivity contribution in [3.8, 4) is 5.88 Å². The van der Waals surface area contributed by atoms with Crippen LogP contribution in [0.4, 0.5) is 4.39 Å². The fraction of sp³-hybridized carbons (Fsp3) is 0.214. The Morgan fingerprint density at radius 2 is 2.15 bits per heavy atom. The molecule has 1 unspecified atom stereocenters. The zero-order valence-corrected chi connectivity index (χ0v) is 11.9. The lowest BCUT2D eigenvalue weighted by Gasteiger charge is -2.19. The van der Waals surface area contributed by atoms with Crippen molar-refractivity contribution in [1.29, 1.82) is 0 Å². The van der Waals surface area contributed by atoms with Gasteiger partial charge >= 0.3 is 0 Å². The van der Waals surface area contributed by atoms with E-state index in [9.17, 15) is 4.39 Å². The molecule has 3 N–H and O–H groups in total. The maximum absolute atomic E-state index is 14.3. The molecule has 0 aliphatic heterocycles. The highest BCUT2D eigenvalue weighted by Gasteiger charge is 2.20. The van der Waals surface area contributed by atoms with E-state index in [4.69, 9.17) is 22.2 Å². The monoisotopic (exact) mass is 295 g/mol. The average molecular weight is 296 g/mol. The molecule has 1 atom stereocenters. The van der Waals surface area contributed by atoms with Gasteiger partial charge < -0.3 is 4.74 Å². The molecule has 0 radical (unpaired) electrons. The number of nitrogens with two attached hydrogens (primary N) is 1. The summed E-state index contributed by atoms with van der Waals surface area (Å²) in [4.78, 5) is 3.81. The van der Waals surface area contributed by atoms with Crippen LogP contribution in [0.3, 0.4) is 0 Å². The maximum Gasteiger partial charge on any atom is 0.250 e. The second kappa shape index (κ2) is 6.17. The van der Waals surface area contributed by atoms with Crippen LogP contribution in [-0.2, 0) is 0 Å². The number of nitrogens with zero attached hydrogens (tertiary/aromatic N) is 1. The fourth-order valence-corrected chi connectivity index (χ4v) is 2.13. The molecule has 1 heterocycles. The highest BCUT2D eigenvalue weighted by atomic mass is 35.5. The van der Waals surface area contributed by atoms with Gasteiger partial charge in [0.05, 0.1) is 13.2 Å². The lowest BCUT2D eigenvalue weighted by molar-refractivity contribution is 0.364. The Kier molecular flexibility index (Phi) is 4.54. The summed E-state index contributed by atoms with van der Waals surface area (Å²) >= 11 is 6.00. The van der Waals surface area contributed by atoms with Crippen molar-refractivity contribution in [2.45, 2.75) is 13.0 Å². The fourth-order valence-electron chi connectivity index (χ4n) is 2.02. The molecule has 1 aromatic heterocycles. The summed E-state index contributed by atoms with van der Waals surface area (Å²) in [6.07, 6.45) is 1.48. The molecule has 6 heteroatoms. The van der Waals surface area contributed by atoms with E-state index in [1.165, 1.54) is 13.3 Å². The summed E-state index contributed by atoms with van der Waals surface area (Å²) in [5, 5.41) is 0.650. The molecular formula is C14H15ClFN3O. The summed E-state index contributed by atoms with van der Waals surface area (Å²) in [7, 11) is 1.37. The third-order valence-electron chi connectivity index (χ3n) is 3.07. The second-order valence-electron chi connectivity index (χ2n) is 4.33. The smallest absolute Gasteiger partial charge is 0.250 e. The number of halogens is 2. The van der Waals surface area contributed by atoms with Crippen molar-refractivity contribution in [2.75, 3.05) is 7.11 Å². The summed E-state index contributed by atoms with van der Waals surface area (Å²) in [6.45, 7) is 1.88. The summed E-state index contributed by atoms with van der Waals surface area (Å²) < 4.78 is 19.1. The Labute approximate surface area is 121 Å². The van der Waals surface area contributed by atoms with E-state index in [0.717, 1.165) is 11.1 Å². The van der Waals surface area contributed by atoms with Crippen molar-refractivity contribution in [2.24, 2.45) is 5.84 Å². The normalized spacial score (nSPS) is 12.2. The number of benzene rings is 1. The molecule has 0 spiro atoms. The van der Waals surface area contributed by atoms with Gasteiger partial charge in [0.15, 0.2) is 5.82 Å². The topological polar surface area (TPSA) is 60.2 Å². The number of pyridine rings is 1. The van der Waals surface area contributed by atoms with Gasteiger partial charge in [0, 0.05) is 16.8 Å². The number of hydrogen-bond acceptors (Lipinski definition) is 4. The summed E-state index contributed by atoms with van der Waals surface area (Å²) in [5.41, 5.74) is 4.67. The van der Waals surface area contributed by atoms with Crippen molar-refractivity contribution in [3.05, 3.63) is 58.0 Å². The first-order valence-electron chi connectivity index (χ1n) is 5.99. The largest absolute Gasteiger partial charge is 0.479 e. The quantitative estimate of drug-likeness (QED) is 0.672. The number of hydrazine groups is 1. The Morgan fingerprint density at radius 1 is 1.40 bits per heavy atom. The first-order chi connectivity index (χ1) is 9.58. The van der Waals surface area contributed by atoms with Crippen LogP contribution in [-0.4, -0.2) is 12.1 Å². The van der Waals surface area contributed by atoms with Gasteiger partial charge in [-0.3, -0.25) is 5.84 Å². The van der Waals surface area contributed by atoms with Gasteiger partial charge in [-0.2, -0.15) is 0 Å². The third kappa shape index (κ3) is 2.75. The van der Waals surface area contributed by atoms with Crippen LogP contribution in [0, 0.1) is 12.7 Å². The number of ether oxygens (including phenoxy) is 1. The van der Waals surface area contributed by atoms with Gasteiger partial charge in [-0.1, -0.05) is 23.7 Å². The third-order valence-corrected chi connectivity index (χ3v) is 3.50. The van der Waals surface area contributed by atoms with Crippen molar-refractivity contribution in [1.82, 2.24) is 10.4 Å². The number of nitrogens with one attached hydrogen (secondary N) is 1. The Hall–Kier alpha value is -1.69. The Morgan fingerprint density at radius 3 is 2.75 bits per heavy atom. The van der Waals surface area contributed by atoms with Gasteiger partial charge in [-0.05, 0) is 30.2 Å². The number of aromatic nitrogens is 1. The molecular weight excluding hydrogens is 281 g/mol. The molecule has 0 saturated carbocycles. The van der Waals surface area contributed by atoms with Gasteiger partial charge in [0.1, 0.15) is 0 Å². The molecule has 0 aliphatic rings. The SMILES string of the molecule is COc1nccc(C(NN)c2ccc(Cl)c(C)c2)c1F.